The van der Waals surface area contributed by atoms with Crippen LogP contribution < -0.4 is 5.73 Å². The third-order valence-corrected chi connectivity index (χ3v) is 1.41. The van der Waals surface area contributed by atoms with Crippen LogP contribution in [0.5, 0.6) is 0 Å². The molecule has 1 atom stereocenters. The van der Waals surface area contributed by atoms with Gasteiger partial charge < -0.3 is 4.74 Å². The highest BCUT2D eigenvalue weighted by molar-refractivity contribution is 5.39. The van der Waals surface area contributed by atoms with E-state index >= 15 is 0 Å². The molecular formula is C6H12NO2. The number of hydrogen-bond donors (Lipinski definition) is 1. The van der Waals surface area contributed by atoms with Crippen LogP contribution in [0.4, 0.5) is 0 Å². The fraction of sp³-hybridized carbons (Fsp3) is 0.833. The summed E-state index contributed by atoms with van der Waals surface area (Å²) >= 11 is 0. The summed E-state index contributed by atoms with van der Waals surface area (Å²) in [5.41, 5.74) is 4.61. The fourth-order valence-electron chi connectivity index (χ4n) is 0.208. The molecule has 2 N–H and O–H groups in total. The highest BCUT2D eigenvalue weighted by Crippen LogP contribution is 2.12. The molecule has 1 unspecified atom stereocenters. The highest BCUT2D eigenvalue weighted by Gasteiger charge is 2.24. The topological polar surface area (TPSA) is 52.3 Å². The second-order valence-electron chi connectivity index (χ2n) is 2.52. The van der Waals surface area contributed by atoms with Crippen molar-refractivity contribution in [2.24, 2.45) is 11.7 Å². The molecule has 0 fully saturated rings. The van der Waals surface area contributed by atoms with E-state index in [2.05, 4.69) is 4.74 Å². The van der Waals surface area contributed by atoms with Crippen LogP contribution in [0, 0.1) is 5.92 Å². The fourth-order valence-corrected chi connectivity index (χ4v) is 0.208. The molecule has 0 aliphatic rings. The summed E-state index contributed by atoms with van der Waals surface area (Å²) in [5.74, 6) is 0.110. The zero-order valence-electron chi connectivity index (χ0n) is 5.97. The van der Waals surface area contributed by atoms with Gasteiger partial charge in [0.2, 0.25) is 0 Å². The van der Waals surface area contributed by atoms with E-state index in [0.717, 1.165) is 0 Å². The van der Waals surface area contributed by atoms with Crippen molar-refractivity contribution in [1.29, 1.82) is 0 Å². The number of nitrogens with two attached hydrogens (primary N) is 1. The second-order valence-corrected chi connectivity index (χ2v) is 2.52. The summed E-state index contributed by atoms with van der Waals surface area (Å²) in [6, 6.07) is 0. The average molecular weight is 130 g/mol. The molecule has 0 bridgehead atoms. The summed E-state index contributed by atoms with van der Waals surface area (Å²) in [4.78, 5) is 9.70. The van der Waals surface area contributed by atoms with Gasteiger partial charge in [-0.25, -0.2) is 4.79 Å². The molecule has 3 heteroatoms. The van der Waals surface area contributed by atoms with E-state index in [1.54, 1.807) is 6.92 Å². The molecule has 0 heterocycles. The SMILES string of the molecule is CC(C)C(C)(N)O[C]=O. The van der Waals surface area contributed by atoms with Gasteiger partial charge in [-0.1, -0.05) is 13.8 Å². The van der Waals surface area contributed by atoms with E-state index in [1.807, 2.05) is 13.8 Å². The molecule has 1 radical (unpaired) electrons. The lowest BCUT2D eigenvalue weighted by Gasteiger charge is -2.25. The van der Waals surface area contributed by atoms with E-state index in [-0.39, 0.29) is 5.92 Å². The van der Waals surface area contributed by atoms with Gasteiger partial charge in [-0.3, -0.25) is 5.73 Å². The normalized spacial score (nSPS) is 17.0. The Morgan fingerprint density at radius 2 is 2.11 bits per heavy atom. The molecule has 0 aliphatic heterocycles. The Kier molecular flexibility index (Phi) is 2.65. The van der Waals surface area contributed by atoms with Crippen molar-refractivity contribution in [1.82, 2.24) is 0 Å². The zero-order valence-corrected chi connectivity index (χ0v) is 5.97. The minimum absolute atomic E-state index is 0.110. The summed E-state index contributed by atoms with van der Waals surface area (Å²) in [6.45, 7) is 6.70. The largest absolute Gasteiger partial charge is 0.436 e. The zero-order chi connectivity index (χ0) is 7.49. The van der Waals surface area contributed by atoms with Crippen LogP contribution in [0.15, 0.2) is 0 Å². The van der Waals surface area contributed by atoms with Gasteiger partial charge in [-0.2, -0.15) is 0 Å². The molecule has 0 aromatic carbocycles. The first-order valence-electron chi connectivity index (χ1n) is 2.84. The number of ether oxygens (including phenoxy) is 1. The van der Waals surface area contributed by atoms with Crippen molar-refractivity contribution in [3.63, 3.8) is 0 Å². The summed E-state index contributed by atoms with van der Waals surface area (Å²) in [5, 5.41) is 0. The van der Waals surface area contributed by atoms with Gasteiger partial charge in [-0.05, 0) is 6.92 Å². The minimum atomic E-state index is -0.873. The number of rotatable bonds is 3. The lowest BCUT2D eigenvalue weighted by molar-refractivity contribution is 0.0309. The van der Waals surface area contributed by atoms with Crippen LogP contribution in [0.25, 0.3) is 0 Å². The Morgan fingerprint density at radius 3 is 2.22 bits per heavy atom. The van der Waals surface area contributed by atoms with E-state index in [1.165, 1.54) is 6.47 Å². The van der Waals surface area contributed by atoms with Crippen molar-refractivity contribution in [2.45, 2.75) is 26.5 Å². The van der Waals surface area contributed by atoms with Crippen LogP contribution in [-0.4, -0.2) is 12.2 Å². The smallest absolute Gasteiger partial charge is 0.419 e. The van der Waals surface area contributed by atoms with Crippen LogP contribution in [0.2, 0.25) is 0 Å². The predicted molar refractivity (Wildman–Crippen MR) is 34.2 cm³/mol. The molecule has 0 aliphatic carbocycles. The maximum absolute atomic E-state index is 9.70. The van der Waals surface area contributed by atoms with Crippen LogP contribution in [-0.2, 0) is 9.53 Å². The Labute approximate surface area is 55.2 Å². The standard InChI is InChI=1S/C6H12NO2/c1-5(2)6(3,7)9-4-8/h5H,7H2,1-3H3. The highest BCUT2D eigenvalue weighted by atomic mass is 16.5. The maximum Gasteiger partial charge on any atom is 0.419 e. The third-order valence-electron chi connectivity index (χ3n) is 1.41. The average Bonchev–Trinajstić information content (AvgIpc) is 1.65. The van der Waals surface area contributed by atoms with Crippen LogP contribution in [0.1, 0.15) is 20.8 Å². The van der Waals surface area contributed by atoms with Crippen LogP contribution >= 0.6 is 0 Å². The van der Waals surface area contributed by atoms with Crippen LogP contribution in [0.3, 0.4) is 0 Å². The van der Waals surface area contributed by atoms with Gasteiger partial charge in [0.25, 0.3) is 0 Å². The third kappa shape index (κ3) is 2.46. The molecule has 0 aromatic heterocycles. The first-order valence-corrected chi connectivity index (χ1v) is 2.84. The molecule has 0 aromatic rings. The summed E-state index contributed by atoms with van der Waals surface area (Å²) in [6.07, 6.45) is 0. The summed E-state index contributed by atoms with van der Waals surface area (Å²) in [7, 11) is 0. The molecular weight excluding hydrogens is 118 g/mol. The van der Waals surface area contributed by atoms with E-state index in [4.69, 9.17) is 5.73 Å². The van der Waals surface area contributed by atoms with Crippen molar-refractivity contribution < 1.29 is 9.53 Å². The van der Waals surface area contributed by atoms with Gasteiger partial charge >= 0.3 is 6.47 Å². The lowest BCUT2D eigenvalue weighted by atomic mass is 10.0. The van der Waals surface area contributed by atoms with Crippen molar-refractivity contribution in [3.8, 4) is 0 Å². The van der Waals surface area contributed by atoms with E-state index < -0.39 is 5.72 Å². The minimum Gasteiger partial charge on any atom is -0.436 e. The number of carbonyl (C=O) groups excluding carboxylic acids is 1. The molecule has 0 spiro atoms. The first kappa shape index (κ1) is 8.43. The van der Waals surface area contributed by atoms with Gasteiger partial charge in [-0.15, -0.1) is 0 Å². The first-order chi connectivity index (χ1) is 4.00. The molecule has 0 rings (SSSR count). The lowest BCUT2D eigenvalue weighted by Crippen LogP contribution is -2.44. The molecule has 53 valence electrons. The van der Waals surface area contributed by atoms with Gasteiger partial charge in [0.15, 0.2) is 5.72 Å². The van der Waals surface area contributed by atoms with Gasteiger partial charge in [0.05, 0.1) is 0 Å². The Morgan fingerprint density at radius 1 is 1.67 bits per heavy atom. The molecule has 0 saturated heterocycles. The number of hydrogen-bond acceptors (Lipinski definition) is 3. The monoisotopic (exact) mass is 130 g/mol. The quantitative estimate of drug-likeness (QED) is 0.562. The van der Waals surface area contributed by atoms with E-state index in [0.29, 0.717) is 0 Å². The Bertz CT molecular complexity index is 99.2. The molecule has 0 amide bonds. The molecule has 9 heavy (non-hydrogen) atoms. The Hall–Kier alpha value is -0.570. The second kappa shape index (κ2) is 2.82. The van der Waals surface area contributed by atoms with Gasteiger partial charge in [0.1, 0.15) is 0 Å². The predicted octanol–water partition coefficient (Wildman–Crippen LogP) is 0.401. The molecule has 0 saturated carbocycles. The van der Waals surface area contributed by atoms with Gasteiger partial charge in [0, 0.05) is 5.92 Å². The Balaban J connectivity index is 3.84. The summed E-state index contributed by atoms with van der Waals surface area (Å²) < 4.78 is 4.46. The maximum atomic E-state index is 9.70. The van der Waals surface area contributed by atoms with Crippen molar-refractivity contribution >= 4 is 6.47 Å². The molecule has 3 nitrogen and oxygen atoms in total. The van der Waals surface area contributed by atoms with Crippen molar-refractivity contribution in [3.05, 3.63) is 0 Å². The van der Waals surface area contributed by atoms with Crippen molar-refractivity contribution in [2.75, 3.05) is 0 Å². The van der Waals surface area contributed by atoms with E-state index in [9.17, 15) is 4.79 Å².